The van der Waals surface area contributed by atoms with Crippen molar-refractivity contribution in [2.24, 2.45) is 0 Å². The van der Waals surface area contributed by atoms with Crippen molar-refractivity contribution in [1.29, 1.82) is 0 Å². The van der Waals surface area contributed by atoms with Gasteiger partial charge in [0.1, 0.15) is 0 Å². The summed E-state index contributed by atoms with van der Waals surface area (Å²) in [7, 11) is 0. The van der Waals surface area contributed by atoms with Gasteiger partial charge in [-0.2, -0.15) is 0 Å². The van der Waals surface area contributed by atoms with Crippen LogP contribution >= 0.6 is 0 Å². The summed E-state index contributed by atoms with van der Waals surface area (Å²) >= 11 is 0. The summed E-state index contributed by atoms with van der Waals surface area (Å²) in [5.74, 6) is -4.02. The Labute approximate surface area is 102 Å². The van der Waals surface area contributed by atoms with Crippen molar-refractivity contribution in [3.8, 4) is 0 Å². The van der Waals surface area contributed by atoms with Crippen LogP contribution in [0.5, 0.6) is 0 Å². The van der Waals surface area contributed by atoms with Crippen LogP contribution in [-0.2, 0) is 6.42 Å². The molecule has 6 heteroatoms. The maximum atomic E-state index is 11.1. The Balaban J connectivity index is 3.59. The summed E-state index contributed by atoms with van der Waals surface area (Å²) in [6.07, 6.45) is 0.830. The van der Waals surface area contributed by atoms with E-state index in [2.05, 4.69) is 0 Å². The summed E-state index contributed by atoms with van der Waals surface area (Å²) in [4.78, 5) is 33.0. The number of hydrogen-bond acceptors (Lipinski definition) is 3. The molecule has 0 aliphatic heterocycles. The summed E-state index contributed by atoms with van der Waals surface area (Å²) in [5.41, 5.74) is -0.726. The van der Waals surface area contributed by atoms with Crippen molar-refractivity contribution in [2.75, 3.05) is 0 Å². The first-order valence-electron chi connectivity index (χ1n) is 5.25. The predicted octanol–water partition coefficient (Wildman–Crippen LogP) is 1.73. The van der Waals surface area contributed by atoms with E-state index in [9.17, 15) is 14.4 Å². The molecule has 3 N–H and O–H groups in total. The number of hydrogen-bond donors (Lipinski definition) is 3. The first-order chi connectivity index (χ1) is 8.38. The number of carbonyl (C=O) groups is 3. The zero-order chi connectivity index (χ0) is 13.9. The van der Waals surface area contributed by atoms with E-state index in [4.69, 9.17) is 15.3 Å². The van der Waals surface area contributed by atoms with Crippen molar-refractivity contribution >= 4 is 17.9 Å². The summed E-state index contributed by atoms with van der Waals surface area (Å²) in [6.45, 7) is 1.78. The maximum absolute atomic E-state index is 11.1. The molecule has 0 aliphatic rings. The minimum Gasteiger partial charge on any atom is -0.478 e. The van der Waals surface area contributed by atoms with Gasteiger partial charge in [0.15, 0.2) is 0 Å². The van der Waals surface area contributed by atoms with Crippen molar-refractivity contribution in [3.63, 3.8) is 0 Å². The van der Waals surface area contributed by atoms with Gasteiger partial charge >= 0.3 is 17.9 Å². The largest absolute Gasteiger partial charge is 0.478 e. The van der Waals surface area contributed by atoms with Gasteiger partial charge in [0.2, 0.25) is 0 Å². The van der Waals surface area contributed by atoms with Gasteiger partial charge in [-0.1, -0.05) is 13.3 Å². The molecular weight excluding hydrogens is 240 g/mol. The number of carboxylic acid groups (broad SMARTS) is 3. The lowest BCUT2D eigenvalue weighted by molar-refractivity contribution is 0.0694. The third-order valence-electron chi connectivity index (χ3n) is 2.46. The molecule has 0 amide bonds. The fraction of sp³-hybridized carbons (Fsp3) is 0.250. The fourth-order valence-electron chi connectivity index (χ4n) is 1.70. The van der Waals surface area contributed by atoms with Crippen LogP contribution in [0.2, 0.25) is 0 Å². The minimum absolute atomic E-state index is 0.155. The molecule has 0 heterocycles. The second-order valence-electron chi connectivity index (χ2n) is 3.72. The van der Waals surface area contributed by atoms with E-state index >= 15 is 0 Å². The van der Waals surface area contributed by atoms with Gasteiger partial charge in [-0.05, 0) is 24.1 Å². The molecule has 96 valence electrons. The molecule has 0 radical (unpaired) electrons. The Hall–Kier alpha value is -2.37. The standard InChI is InChI=1S/C12H12O6/c1-2-3-7-8(11(15)16)4-6(10(13)14)5-9(7)12(17)18/h4-5H,2-3H2,1H3,(H,13,14)(H,15,16)(H,17,18). The second-order valence-corrected chi connectivity index (χ2v) is 3.72. The lowest BCUT2D eigenvalue weighted by Crippen LogP contribution is -2.13. The lowest BCUT2D eigenvalue weighted by atomic mass is 9.94. The Morgan fingerprint density at radius 1 is 0.944 bits per heavy atom. The first-order valence-corrected chi connectivity index (χ1v) is 5.25. The van der Waals surface area contributed by atoms with E-state index in [0.717, 1.165) is 12.1 Å². The van der Waals surface area contributed by atoms with Crippen LogP contribution in [-0.4, -0.2) is 33.2 Å². The van der Waals surface area contributed by atoms with Gasteiger partial charge in [0.05, 0.1) is 16.7 Å². The highest BCUT2D eigenvalue weighted by Gasteiger charge is 2.21. The molecule has 0 spiro atoms. The summed E-state index contributed by atoms with van der Waals surface area (Å²) in [5, 5.41) is 26.9. The van der Waals surface area contributed by atoms with E-state index in [1.54, 1.807) is 6.92 Å². The van der Waals surface area contributed by atoms with E-state index in [1.165, 1.54) is 0 Å². The molecule has 0 atom stereocenters. The van der Waals surface area contributed by atoms with Crippen LogP contribution in [0, 0.1) is 0 Å². The molecule has 0 unspecified atom stereocenters. The lowest BCUT2D eigenvalue weighted by Gasteiger charge is -2.10. The molecule has 1 aromatic carbocycles. The zero-order valence-electron chi connectivity index (χ0n) is 9.64. The second kappa shape index (κ2) is 5.31. The fourth-order valence-corrected chi connectivity index (χ4v) is 1.70. The highest BCUT2D eigenvalue weighted by atomic mass is 16.4. The van der Waals surface area contributed by atoms with Crippen LogP contribution in [0.3, 0.4) is 0 Å². The van der Waals surface area contributed by atoms with Crippen LogP contribution in [0.15, 0.2) is 12.1 Å². The van der Waals surface area contributed by atoms with Crippen molar-refractivity contribution in [3.05, 3.63) is 34.4 Å². The molecule has 18 heavy (non-hydrogen) atoms. The highest BCUT2D eigenvalue weighted by molar-refractivity contribution is 6.01. The zero-order valence-corrected chi connectivity index (χ0v) is 9.64. The number of rotatable bonds is 5. The Bertz CT molecular complexity index is 482. The van der Waals surface area contributed by atoms with E-state index in [0.29, 0.717) is 6.42 Å². The molecular formula is C12H12O6. The van der Waals surface area contributed by atoms with E-state index < -0.39 is 17.9 Å². The third kappa shape index (κ3) is 2.65. The van der Waals surface area contributed by atoms with E-state index in [-0.39, 0.29) is 28.7 Å². The van der Waals surface area contributed by atoms with Crippen LogP contribution < -0.4 is 0 Å². The van der Waals surface area contributed by atoms with Crippen LogP contribution in [0.25, 0.3) is 0 Å². The normalized spacial score (nSPS) is 10.1. The Kier molecular flexibility index (Phi) is 4.04. The van der Waals surface area contributed by atoms with Crippen molar-refractivity contribution in [1.82, 2.24) is 0 Å². The number of aromatic carboxylic acids is 3. The van der Waals surface area contributed by atoms with Crippen molar-refractivity contribution < 1.29 is 29.7 Å². The summed E-state index contributed by atoms with van der Waals surface area (Å²) in [6, 6.07) is 1.98. The molecule has 1 aromatic rings. The molecule has 0 aromatic heterocycles. The van der Waals surface area contributed by atoms with Crippen LogP contribution in [0.1, 0.15) is 50.0 Å². The van der Waals surface area contributed by atoms with Gasteiger partial charge in [-0.25, -0.2) is 14.4 Å². The Morgan fingerprint density at radius 3 is 1.67 bits per heavy atom. The molecule has 0 saturated carbocycles. The average Bonchev–Trinajstić information content (AvgIpc) is 2.28. The SMILES string of the molecule is CCCc1c(C(=O)O)cc(C(=O)O)cc1C(=O)O. The topological polar surface area (TPSA) is 112 Å². The van der Waals surface area contributed by atoms with Crippen LogP contribution in [0.4, 0.5) is 0 Å². The predicted molar refractivity (Wildman–Crippen MR) is 61.3 cm³/mol. The average molecular weight is 252 g/mol. The molecule has 1 rings (SSSR count). The number of benzene rings is 1. The molecule has 0 aliphatic carbocycles. The van der Waals surface area contributed by atoms with Gasteiger partial charge in [-0.3, -0.25) is 0 Å². The monoisotopic (exact) mass is 252 g/mol. The van der Waals surface area contributed by atoms with Gasteiger partial charge in [0.25, 0.3) is 0 Å². The third-order valence-corrected chi connectivity index (χ3v) is 2.46. The molecule has 0 fully saturated rings. The first kappa shape index (κ1) is 13.7. The van der Waals surface area contributed by atoms with E-state index in [1.807, 2.05) is 0 Å². The smallest absolute Gasteiger partial charge is 0.336 e. The minimum atomic E-state index is -1.36. The maximum Gasteiger partial charge on any atom is 0.336 e. The van der Waals surface area contributed by atoms with Gasteiger partial charge in [-0.15, -0.1) is 0 Å². The summed E-state index contributed by atoms with van der Waals surface area (Å²) < 4.78 is 0. The molecule has 0 bridgehead atoms. The quantitative estimate of drug-likeness (QED) is 0.735. The Morgan fingerprint density at radius 2 is 1.39 bits per heavy atom. The molecule has 0 saturated heterocycles. The van der Waals surface area contributed by atoms with Crippen molar-refractivity contribution in [2.45, 2.75) is 19.8 Å². The highest BCUT2D eigenvalue weighted by Crippen LogP contribution is 2.20. The number of carboxylic acids is 3. The van der Waals surface area contributed by atoms with Gasteiger partial charge < -0.3 is 15.3 Å². The molecule has 6 nitrogen and oxygen atoms in total. The van der Waals surface area contributed by atoms with Gasteiger partial charge in [0, 0.05) is 0 Å².